The lowest BCUT2D eigenvalue weighted by Crippen LogP contribution is -2.35. The fourth-order valence-electron chi connectivity index (χ4n) is 4.50. The van der Waals surface area contributed by atoms with E-state index in [1.165, 1.54) is 0 Å². The molecule has 0 aliphatic carbocycles. The number of aryl methyl sites for hydroxylation is 2. The number of nitrogens with zero attached hydrogens (tertiary/aromatic N) is 5. The summed E-state index contributed by atoms with van der Waals surface area (Å²) in [7, 11) is 0. The highest BCUT2D eigenvalue weighted by molar-refractivity contribution is 5.83. The Kier molecular flexibility index (Phi) is 5.97. The molecule has 1 saturated heterocycles. The maximum Gasteiger partial charge on any atom is 0.253 e. The van der Waals surface area contributed by atoms with E-state index in [1.807, 2.05) is 23.7 Å². The minimum Gasteiger partial charge on any atom is -0.376 e. The summed E-state index contributed by atoms with van der Waals surface area (Å²) in [5.41, 5.74) is 3.69. The van der Waals surface area contributed by atoms with Crippen LogP contribution in [-0.4, -0.2) is 55.9 Å². The van der Waals surface area contributed by atoms with Crippen LogP contribution in [0.15, 0.2) is 23.0 Å². The minimum atomic E-state index is -0.328. The second-order valence-electron chi connectivity index (χ2n) is 8.07. The van der Waals surface area contributed by atoms with Gasteiger partial charge in [-0.1, -0.05) is 19.9 Å². The highest BCUT2D eigenvalue weighted by atomic mass is 16.5. The molecule has 1 fully saturated rings. The Morgan fingerprint density at radius 3 is 2.77 bits per heavy atom. The molecule has 0 bridgehead atoms. The maximum absolute atomic E-state index is 13.2. The number of H-pyrrole nitrogens is 1. The molecule has 0 spiro atoms. The summed E-state index contributed by atoms with van der Waals surface area (Å²) in [6.45, 7) is 11.2. The molecule has 2 aromatic heterocycles. The number of hydrogen-bond donors (Lipinski definition) is 1. The smallest absolute Gasteiger partial charge is 0.253 e. The van der Waals surface area contributed by atoms with Crippen LogP contribution in [0.5, 0.6) is 0 Å². The van der Waals surface area contributed by atoms with Gasteiger partial charge in [0.15, 0.2) is 5.82 Å². The molecule has 8 nitrogen and oxygen atoms in total. The van der Waals surface area contributed by atoms with Gasteiger partial charge in [-0.3, -0.25) is 9.69 Å². The van der Waals surface area contributed by atoms with Gasteiger partial charge in [-0.15, -0.1) is 5.10 Å². The van der Waals surface area contributed by atoms with Crippen molar-refractivity contribution in [1.82, 2.24) is 30.1 Å². The molecule has 1 aliphatic rings. The number of benzene rings is 1. The molecule has 1 aromatic carbocycles. The van der Waals surface area contributed by atoms with Gasteiger partial charge in [0.05, 0.1) is 12.6 Å². The van der Waals surface area contributed by atoms with Crippen LogP contribution in [0.25, 0.3) is 10.9 Å². The Morgan fingerprint density at radius 2 is 2.07 bits per heavy atom. The molecule has 0 radical (unpaired) electrons. The molecule has 1 aliphatic heterocycles. The highest BCUT2D eigenvalue weighted by Gasteiger charge is 2.30. The first kappa shape index (κ1) is 20.7. The fourth-order valence-corrected chi connectivity index (χ4v) is 4.50. The van der Waals surface area contributed by atoms with Crippen molar-refractivity contribution in [2.24, 2.45) is 0 Å². The summed E-state index contributed by atoms with van der Waals surface area (Å²) >= 11 is 0. The molecular weight excluding hydrogens is 380 g/mol. The van der Waals surface area contributed by atoms with Gasteiger partial charge in [0, 0.05) is 23.1 Å². The van der Waals surface area contributed by atoms with Crippen LogP contribution in [0.4, 0.5) is 0 Å². The molecule has 8 heteroatoms. The Labute approximate surface area is 176 Å². The molecule has 160 valence electrons. The molecule has 3 aromatic rings. The first-order valence-corrected chi connectivity index (χ1v) is 10.8. The number of aromatic amines is 1. The standard InChI is InChI=1S/C22H30N6O2/c1-5-27(6-2)20(21-24-25-26-28(21)13-16-8-7-9-30-16)18-12-17-15(4)10-14(3)11-19(17)23-22(18)29/h10-12,16,20H,5-9,13H2,1-4H3,(H,23,29). The van der Waals surface area contributed by atoms with Gasteiger partial charge in [-0.2, -0.15) is 0 Å². The number of hydrogen-bond acceptors (Lipinski definition) is 6. The van der Waals surface area contributed by atoms with Crippen LogP contribution >= 0.6 is 0 Å². The van der Waals surface area contributed by atoms with Crippen LogP contribution in [0, 0.1) is 13.8 Å². The van der Waals surface area contributed by atoms with Crippen molar-refractivity contribution < 1.29 is 4.74 Å². The van der Waals surface area contributed by atoms with E-state index in [1.54, 1.807) is 0 Å². The van der Waals surface area contributed by atoms with Crippen molar-refractivity contribution in [3.8, 4) is 0 Å². The Hall–Kier alpha value is -2.58. The summed E-state index contributed by atoms with van der Waals surface area (Å²) in [4.78, 5) is 18.5. The monoisotopic (exact) mass is 410 g/mol. The van der Waals surface area contributed by atoms with Gasteiger partial charge >= 0.3 is 0 Å². The number of tetrazole rings is 1. The lowest BCUT2D eigenvalue weighted by Gasteiger charge is -2.29. The number of aromatic nitrogens is 5. The average molecular weight is 411 g/mol. The number of rotatable bonds is 7. The van der Waals surface area contributed by atoms with Gasteiger partial charge in [-0.25, -0.2) is 4.68 Å². The molecule has 2 unspecified atom stereocenters. The minimum absolute atomic E-state index is 0.101. The van der Waals surface area contributed by atoms with Crippen molar-refractivity contribution >= 4 is 10.9 Å². The van der Waals surface area contributed by atoms with Gasteiger partial charge in [0.1, 0.15) is 6.04 Å². The quantitative estimate of drug-likeness (QED) is 0.644. The Morgan fingerprint density at radius 1 is 1.27 bits per heavy atom. The van der Waals surface area contributed by atoms with Crippen LogP contribution in [0.2, 0.25) is 0 Å². The second-order valence-corrected chi connectivity index (χ2v) is 8.07. The van der Waals surface area contributed by atoms with Crippen molar-refractivity contribution in [2.45, 2.75) is 59.2 Å². The van der Waals surface area contributed by atoms with Gasteiger partial charge in [0.25, 0.3) is 5.56 Å². The summed E-state index contributed by atoms with van der Waals surface area (Å²) in [6.07, 6.45) is 2.18. The van der Waals surface area contributed by atoms with Crippen molar-refractivity contribution in [3.05, 3.63) is 51.1 Å². The van der Waals surface area contributed by atoms with Gasteiger partial charge in [0.2, 0.25) is 0 Å². The topological polar surface area (TPSA) is 88.9 Å². The molecule has 0 saturated carbocycles. The zero-order valence-corrected chi connectivity index (χ0v) is 18.2. The summed E-state index contributed by atoms with van der Waals surface area (Å²) in [5.74, 6) is 0.684. The number of fused-ring (bicyclic) bond motifs is 1. The third-order valence-corrected chi connectivity index (χ3v) is 6.02. The summed E-state index contributed by atoms with van der Waals surface area (Å²) < 4.78 is 7.60. The van der Waals surface area contributed by atoms with E-state index in [2.05, 4.69) is 52.2 Å². The maximum atomic E-state index is 13.2. The summed E-state index contributed by atoms with van der Waals surface area (Å²) in [6, 6.07) is 5.83. The van der Waals surface area contributed by atoms with Crippen LogP contribution < -0.4 is 5.56 Å². The van der Waals surface area contributed by atoms with E-state index in [0.29, 0.717) is 17.9 Å². The van der Waals surface area contributed by atoms with E-state index in [4.69, 9.17) is 4.74 Å². The van der Waals surface area contributed by atoms with Crippen molar-refractivity contribution in [2.75, 3.05) is 19.7 Å². The third-order valence-electron chi connectivity index (χ3n) is 6.02. The zero-order valence-electron chi connectivity index (χ0n) is 18.2. The van der Waals surface area contributed by atoms with Crippen molar-refractivity contribution in [1.29, 1.82) is 0 Å². The van der Waals surface area contributed by atoms with Crippen molar-refractivity contribution in [3.63, 3.8) is 0 Å². The molecular formula is C22H30N6O2. The lowest BCUT2D eigenvalue weighted by molar-refractivity contribution is 0.0910. The van der Waals surface area contributed by atoms with Crippen LogP contribution in [-0.2, 0) is 11.3 Å². The molecule has 30 heavy (non-hydrogen) atoms. The van der Waals surface area contributed by atoms with E-state index < -0.39 is 0 Å². The first-order valence-electron chi connectivity index (χ1n) is 10.8. The van der Waals surface area contributed by atoms with E-state index in [0.717, 1.165) is 54.6 Å². The molecule has 0 amide bonds. The zero-order chi connectivity index (χ0) is 21.3. The SMILES string of the molecule is CCN(CC)C(c1cc2c(C)cc(C)cc2[nH]c1=O)c1nnnn1CC1CCCO1. The number of ether oxygens (including phenoxy) is 1. The van der Waals surface area contributed by atoms with Crippen LogP contribution in [0.3, 0.4) is 0 Å². The van der Waals surface area contributed by atoms with E-state index in [9.17, 15) is 4.79 Å². The van der Waals surface area contributed by atoms with Gasteiger partial charge in [-0.05, 0) is 73.5 Å². The third kappa shape index (κ3) is 3.89. The predicted octanol–water partition coefficient (Wildman–Crippen LogP) is 2.74. The molecule has 1 N–H and O–H groups in total. The fraction of sp³-hybridized carbons (Fsp3) is 0.545. The highest BCUT2D eigenvalue weighted by Crippen LogP contribution is 2.28. The Balaban J connectivity index is 1.84. The van der Waals surface area contributed by atoms with E-state index >= 15 is 0 Å². The first-order chi connectivity index (χ1) is 14.5. The van der Waals surface area contributed by atoms with Gasteiger partial charge < -0.3 is 9.72 Å². The summed E-state index contributed by atoms with van der Waals surface area (Å²) in [5, 5.41) is 13.6. The predicted molar refractivity (Wildman–Crippen MR) is 116 cm³/mol. The largest absolute Gasteiger partial charge is 0.376 e. The second kappa shape index (κ2) is 8.65. The average Bonchev–Trinajstić information content (AvgIpc) is 3.38. The van der Waals surface area contributed by atoms with Crippen LogP contribution in [0.1, 0.15) is 55.2 Å². The molecule has 4 rings (SSSR count). The van der Waals surface area contributed by atoms with E-state index in [-0.39, 0.29) is 17.7 Å². The molecule has 3 heterocycles. The Bertz CT molecular complexity index is 1080. The lowest BCUT2D eigenvalue weighted by atomic mass is 10.00. The molecule has 2 atom stereocenters. The number of nitrogens with one attached hydrogen (secondary N) is 1. The number of pyridine rings is 1. The normalized spacial score (nSPS) is 17.8.